The number of anilines is 2. The van der Waals surface area contributed by atoms with Crippen LogP contribution in [0.4, 0.5) is 17.1 Å². The van der Waals surface area contributed by atoms with E-state index in [4.69, 9.17) is 9.84 Å². The van der Waals surface area contributed by atoms with E-state index in [1.165, 1.54) is 18.2 Å². The molecule has 3 aromatic rings. The molecule has 1 atom stereocenters. The number of carbonyl (C=O) groups excluding carboxylic acids is 1. The molecule has 2 aliphatic heterocycles. The maximum absolute atomic E-state index is 12.6. The summed E-state index contributed by atoms with van der Waals surface area (Å²) in [6.07, 6.45) is 3.67. The number of nitro benzene ring substituents is 1. The molecule has 3 aromatic carbocycles. The number of carbonyl (C=O) groups is 1. The molecule has 5 rings (SSSR count). The van der Waals surface area contributed by atoms with E-state index >= 15 is 0 Å². The Morgan fingerprint density at radius 3 is 2.39 bits per heavy atom. The molecule has 0 amide bonds. The number of nitrogens with zero attached hydrogens (tertiary/aromatic N) is 5. The first-order valence-corrected chi connectivity index (χ1v) is 12.3. The molecule has 0 N–H and O–H groups in total. The normalized spacial score (nSPS) is 18.7. The van der Waals surface area contributed by atoms with E-state index in [0.29, 0.717) is 11.4 Å². The third-order valence-electron chi connectivity index (χ3n) is 5.52. The van der Waals surface area contributed by atoms with Gasteiger partial charge < -0.3 is 4.74 Å². The van der Waals surface area contributed by atoms with E-state index in [0.717, 1.165) is 21.8 Å². The van der Waals surface area contributed by atoms with Crippen molar-refractivity contribution in [3.8, 4) is 0 Å². The van der Waals surface area contributed by atoms with Crippen LogP contribution in [0.25, 0.3) is 0 Å². The average Bonchev–Trinajstić information content (AvgIpc) is 3.29. The van der Waals surface area contributed by atoms with Gasteiger partial charge in [0.1, 0.15) is 5.69 Å². The van der Waals surface area contributed by atoms with Crippen LogP contribution in [-0.4, -0.2) is 33.8 Å². The summed E-state index contributed by atoms with van der Waals surface area (Å²) >= 11 is 4.55. The van der Waals surface area contributed by atoms with E-state index in [9.17, 15) is 14.9 Å². The van der Waals surface area contributed by atoms with Crippen LogP contribution in [0.3, 0.4) is 0 Å². The van der Waals surface area contributed by atoms with Crippen LogP contribution in [0.15, 0.2) is 106 Å². The van der Waals surface area contributed by atoms with Gasteiger partial charge in [-0.25, -0.2) is 14.8 Å². The second-order valence-corrected chi connectivity index (χ2v) is 9.80. The van der Waals surface area contributed by atoms with Crippen molar-refractivity contribution in [1.82, 2.24) is 0 Å². The monoisotopic (exact) mass is 563 g/mol. The Labute approximate surface area is 219 Å². The van der Waals surface area contributed by atoms with E-state index in [2.05, 4.69) is 21.0 Å². The lowest BCUT2D eigenvalue weighted by Gasteiger charge is -2.43. The van der Waals surface area contributed by atoms with Gasteiger partial charge >= 0.3 is 5.97 Å². The fourth-order valence-electron chi connectivity index (χ4n) is 3.86. The molecule has 0 bridgehead atoms. The second-order valence-electron chi connectivity index (χ2n) is 7.69. The molecule has 2 aliphatic rings. The zero-order chi connectivity index (χ0) is 25.3. The molecule has 0 saturated carbocycles. The van der Waals surface area contributed by atoms with E-state index in [1.54, 1.807) is 23.2 Å². The number of para-hydroxylation sites is 3. The summed E-state index contributed by atoms with van der Waals surface area (Å²) in [5, 5.41) is 24.6. The largest absolute Gasteiger partial charge is 0.464 e. The maximum Gasteiger partial charge on any atom is 0.365 e. The van der Waals surface area contributed by atoms with Gasteiger partial charge in [0.2, 0.25) is 10.0 Å². The van der Waals surface area contributed by atoms with Crippen molar-refractivity contribution in [2.75, 3.05) is 17.1 Å². The number of thioether (sulfide) groups is 1. The minimum absolute atomic E-state index is 0.0449. The van der Waals surface area contributed by atoms with Gasteiger partial charge in [0, 0.05) is 16.1 Å². The molecule has 0 aliphatic carbocycles. The number of ether oxygens (including phenoxy) is 1. The van der Waals surface area contributed by atoms with E-state index in [1.807, 2.05) is 66.7 Å². The van der Waals surface area contributed by atoms with Gasteiger partial charge in [-0.3, -0.25) is 10.1 Å². The standard InChI is InChI=1S/C25H18BrN5O4S/c1-35-24(32)23-28-30(21-9-5-6-10-22(21)31(33)34)25(36-23)16-15-20(17-11-13-18(26)14-12-17)27-29(25)19-7-3-2-4-8-19/h2-16H,1H3/t25-/m1/s1. The number of halogens is 1. The summed E-state index contributed by atoms with van der Waals surface area (Å²) < 4.78 is 5.88. The number of hydrogen-bond acceptors (Lipinski definition) is 9. The first-order valence-electron chi connectivity index (χ1n) is 10.7. The third kappa shape index (κ3) is 4.16. The van der Waals surface area contributed by atoms with Crippen LogP contribution >= 0.6 is 27.7 Å². The molecule has 9 nitrogen and oxygen atoms in total. The highest BCUT2D eigenvalue weighted by Crippen LogP contribution is 2.49. The van der Waals surface area contributed by atoms with Crippen molar-refractivity contribution < 1.29 is 14.5 Å². The van der Waals surface area contributed by atoms with Crippen LogP contribution in [0.5, 0.6) is 0 Å². The molecular formula is C25H18BrN5O4S. The van der Waals surface area contributed by atoms with E-state index < -0.39 is 15.9 Å². The zero-order valence-electron chi connectivity index (χ0n) is 18.8. The predicted molar refractivity (Wildman–Crippen MR) is 144 cm³/mol. The molecule has 180 valence electrons. The molecule has 0 fully saturated rings. The minimum atomic E-state index is -1.25. The maximum atomic E-state index is 12.6. The highest BCUT2D eigenvalue weighted by atomic mass is 79.9. The van der Waals surface area contributed by atoms with Gasteiger partial charge in [-0.15, -0.1) is 0 Å². The van der Waals surface area contributed by atoms with Crippen molar-refractivity contribution in [1.29, 1.82) is 0 Å². The number of allylic oxidation sites excluding steroid dienone is 1. The predicted octanol–water partition coefficient (Wildman–Crippen LogP) is 5.53. The molecule has 36 heavy (non-hydrogen) atoms. The quantitative estimate of drug-likeness (QED) is 0.228. The van der Waals surface area contributed by atoms with Gasteiger partial charge in [0.15, 0.2) is 0 Å². The van der Waals surface area contributed by atoms with Crippen LogP contribution in [0.2, 0.25) is 0 Å². The number of rotatable bonds is 5. The minimum Gasteiger partial charge on any atom is -0.464 e. The smallest absolute Gasteiger partial charge is 0.365 e. The summed E-state index contributed by atoms with van der Waals surface area (Å²) in [5.41, 5.74) is 2.30. The Bertz CT molecular complexity index is 1430. The fourth-order valence-corrected chi connectivity index (χ4v) is 5.29. The lowest BCUT2D eigenvalue weighted by Crippen LogP contribution is -2.54. The van der Waals surface area contributed by atoms with Crippen molar-refractivity contribution in [2.24, 2.45) is 10.2 Å². The molecular weight excluding hydrogens is 546 g/mol. The summed E-state index contributed by atoms with van der Waals surface area (Å²) in [4.78, 5) is 22.8. The summed E-state index contributed by atoms with van der Waals surface area (Å²) in [6.45, 7) is 0. The van der Waals surface area contributed by atoms with Gasteiger partial charge in [-0.1, -0.05) is 58.4 Å². The lowest BCUT2D eigenvalue weighted by molar-refractivity contribution is -0.384. The average molecular weight is 564 g/mol. The molecule has 2 heterocycles. The molecule has 11 heteroatoms. The molecule has 0 radical (unpaired) electrons. The Morgan fingerprint density at radius 1 is 1.00 bits per heavy atom. The van der Waals surface area contributed by atoms with Gasteiger partial charge in [-0.2, -0.15) is 10.2 Å². The summed E-state index contributed by atoms with van der Waals surface area (Å²) in [5.74, 6) is -0.649. The highest BCUT2D eigenvalue weighted by Gasteiger charge is 2.53. The highest BCUT2D eigenvalue weighted by molar-refractivity contribution is 9.10. The third-order valence-corrected chi connectivity index (χ3v) is 7.27. The zero-order valence-corrected chi connectivity index (χ0v) is 21.2. The summed E-state index contributed by atoms with van der Waals surface area (Å²) in [7, 11) is 1.27. The van der Waals surface area contributed by atoms with Crippen LogP contribution in [0.1, 0.15) is 5.56 Å². The molecule has 0 unspecified atom stereocenters. The number of hydrazone groups is 2. The lowest BCUT2D eigenvalue weighted by atomic mass is 10.1. The van der Waals surface area contributed by atoms with Crippen molar-refractivity contribution in [3.05, 3.63) is 111 Å². The molecule has 1 spiro atoms. The Hall–Kier alpha value is -3.96. The molecule has 0 aromatic heterocycles. The van der Waals surface area contributed by atoms with Gasteiger partial charge in [-0.05, 0) is 54.2 Å². The summed E-state index contributed by atoms with van der Waals surface area (Å²) in [6, 6.07) is 23.3. The number of hydrogen-bond donors (Lipinski definition) is 0. The first kappa shape index (κ1) is 23.8. The fraction of sp³-hybridized carbons (Fsp3) is 0.0800. The van der Waals surface area contributed by atoms with Crippen molar-refractivity contribution >= 4 is 61.5 Å². The van der Waals surface area contributed by atoms with Crippen molar-refractivity contribution in [2.45, 2.75) is 4.99 Å². The van der Waals surface area contributed by atoms with Crippen molar-refractivity contribution in [3.63, 3.8) is 0 Å². The van der Waals surface area contributed by atoms with Crippen LogP contribution in [0, 0.1) is 10.1 Å². The topological polar surface area (TPSA) is 101 Å². The first-order chi connectivity index (χ1) is 17.4. The van der Waals surface area contributed by atoms with Crippen LogP contribution < -0.4 is 10.0 Å². The number of esters is 1. The van der Waals surface area contributed by atoms with Gasteiger partial charge in [0.05, 0.1) is 23.4 Å². The Balaban J connectivity index is 1.71. The van der Waals surface area contributed by atoms with Crippen LogP contribution in [-0.2, 0) is 9.53 Å². The second kappa shape index (κ2) is 9.59. The Morgan fingerprint density at radius 2 is 1.69 bits per heavy atom. The molecule has 0 saturated heterocycles. The SMILES string of the molecule is COC(=O)C1=NN(c2ccccc2[N+](=O)[O-])[C@]2(C=CC(c3ccc(Br)cc3)=NN2c2ccccc2)S1. The number of nitro groups is 1. The van der Waals surface area contributed by atoms with E-state index in [-0.39, 0.29) is 16.4 Å². The van der Waals surface area contributed by atoms with Gasteiger partial charge in [0.25, 0.3) is 5.69 Å². The Kier molecular flexibility index (Phi) is 6.33. The number of benzene rings is 3. The number of methoxy groups -OCH3 is 1.